The van der Waals surface area contributed by atoms with Gasteiger partial charge < -0.3 is 29.7 Å². The molecule has 1 aromatic heterocycles. The minimum Gasteiger partial charge on any atom is -0.493 e. The van der Waals surface area contributed by atoms with E-state index in [1.807, 2.05) is 30.3 Å². The number of carbonyl (C=O) groups excluding carboxylic acids is 3. The molecule has 0 radical (unpaired) electrons. The number of ether oxygens (including phenoxy) is 3. The van der Waals surface area contributed by atoms with Crippen molar-refractivity contribution in [3.63, 3.8) is 0 Å². The smallest absolute Gasteiger partial charge is 0.272 e. The first-order valence-electron chi connectivity index (χ1n) is 12.0. The van der Waals surface area contributed by atoms with E-state index in [1.165, 1.54) is 37.0 Å². The van der Waals surface area contributed by atoms with Gasteiger partial charge in [-0.25, -0.2) is 0 Å². The fraction of sp³-hybridized carbons (Fsp3) is 0.333. The number of carbonyl (C=O) groups is 3. The highest BCUT2D eigenvalue weighted by molar-refractivity contribution is 6.01. The number of methoxy groups -OCH3 is 3. The summed E-state index contributed by atoms with van der Waals surface area (Å²) in [6.45, 7) is 2.27. The molecule has 0 aliphatic carbocycles. The lowest BCUT2D eigenvalue weighted by atomic mass is 9.96. The quantitative estimate of drug-likeness (QED) is 0.441. The Morgan fingerprint density at radius 2 is 1.58 bits per heavy atom. The molecule has 2 aromatic carbocycles. The summed E-state index contributed by atoms with van der Waals surface area (Å²) in [6, 6.07) is 14.4. The first kappa shape index (κ1) is 26.5. The van der Waals surface area contributed by atoms with Crippen LogP contribution in [0.3, 0.4) is 0 Å². The van der Waals surface area contributed by atoms with Gasteiger partial charge in [0.2, 0.25) is 11.7 Å². The maximum atomic E-state index is 13.2. The van der Waals surface area contributed by atoms with Crippen LogP contribution < -0.4 is 24.8 Å². The zero-order valence-electron chi connectivity index (χ0n) is 22.0. The van der Waals surface area contributed by atoms with Gasteiger partial charge in [-0.2, -0.15) is 5.10 Å². The predicted molar refractivity (Wildman–Crippen MR) is 138 cm³/mol. The van der Waals surface area contributed by atoms with Crippen molar-refractivity contribution in [1.29, 1.82) is 0 Å². The summed E-state index contributed by atoms with van der Waals surface area (Å²) in [5.74, 6) is 0.201. The van der Waals surface area contributed by atoms with Crippen LogP contribution in [0.4, 0.5) is 0 Å². The topological polar surface area (TPSA) is 124 Å². The molecule has 3 amide bonds. The minimum atomic E-state index is -1.19. The number of likely N-dealkylation sites (N-methyl/N-ethyl adjacent to an activating group) is 1. The fourth-order valence-electron chi connectivity index (χ4n) is 4.32. The molecule has 1 aliphatic heterocycles. The van der Waals surface area contributed by atoms with Gasteiger partial charge >= 0.3 is 0 Å². The van der Waals surface area contributed by atoms with Crippen molar-refractivity contribution in [3.8, 4) is 17.2 Å². The summed E-state index contributed by atoms with van der Waals surface area (Å²) < 4.78 is 17.5. The molecule has 1 atom stereocenters. The van der Waals surface area contributed by atoms with Gasteiger partial charge in [0.1, 0.15) is 11.2 Å². The first-order valence-corrected chi connectivity index (χ1v) is 12.0. The Hall–Kier alpha value is -4.54. The zero-order chi connectivity index (χ0) is 27.4. The van der Waals surface area contributed by atoms with E-state index in [0.29, 0.717) is 23.8 Å². The third kappa shape index (κ3) is 4.99. The Kier molecular flexibility index (Phi) is 7.56. The van der Waals surface area contributed by atoms with Crippen LogP contribution in [0, 0.1) is 0 Å². The predicted octanol–water partition coefficient (Wildman–Crippen LogP) is 2.00. The van der Waals surface area contributed by atoms with Gasteiger partial charge in [0, 0.05) is 26.2 Å². The molecule has 0 unspecified atom stereocenters. The standard InChI is InChI=1S/C27H31N5O6/c1-27(26(35)29-14-17-9-7-6-8-10-17)16-32-20(25(34)31(27)2)13-19(30-32)24(33)28-15-18-11-21(36-3)23(38-5)22(12-18)37-4/h6-13H,14-16H2,1-5H3,(H,28,33)(H,29,35)/t27-/m1/s1. The third-order valence-corrected chi connectivity index (χ3v) is 6.70. The molecular weight excluding hydrogens is 490 g/mol. The van der Waals surface area contributed by atoms with Crippen LogP contribution >= 0.6 is 0 Å². The number of benzene rings is 2. The highest BCUT2D eigenvalue weighted by Crippen LogP contribution is 2.38. The number of rotatable bonds is 9. The summed E-state index contributed by atoms with van der Waals surface area (Å²) in [5.41, 5.74) is 0.784. The van der Waals surface area contributed by atoms with Crippen LogP contribution in [0.2, 0.25) is 0 Å². The Morgan fingerprint density at radius 1 is 0.947 bits per heavy atom. The SMILES string of the molecule is COc1cc(CNC(=O)c2cc3n(n2)C[C@](C)(C(=O)NCc2ccccc2)N(C)C3=O)cc(OC)c1OC. The zero-order valence-corrected chi connectivity index (χ0v) is 22.0. The van der Waals surface area contributed by atoms with Gasteiger partial charge in [-0.1, -0.05) is 30.3 Å². The van der Waals surface area contributed by atoms with Crippen LogP contribution in [0.1, 0.15) is 39.0 Å². The normalized spacial score (nSPS) is 16.4. The molecular formula is C27H31N5O6. The van der Waals surface area contributed by atoms with Gasteiger partial charge in [0.05, 0.1) is 27.9 Å². The highest BCUT2D eigenvalue weighted by atomic mass is 16.5. The Bertz CT molecular complexity index is 1330. The Balaban J connectivity index is 1.48. The monoisotopic (exact) mass is 521 g/mol. The van der Waals surface area contributed by atoms with Crippen molar-refractivity contribution in [3.05, 3.63) is 71.0 Å². The summed E-state index contributed by atoms with van der Waals surface area (Å²) in [5, 5.41) is 10.1. The highest BCUT2D eigenvalue weighted by Gasteiger charge is 2.46. The van der Waals surface area contributed by atoms with Crippen LogP contribution in [0.25, 0.3) is 0 Å². The second kappa shape index (κ2) is 10.8. The van der Waals surface area contributed by atoms with Gasteiger partial charge in [-0.05, 0) is 30.2 Å². The lowest BCUT2D eigenvalue weighted by molar-refractivity contribution is -0.132. The van der Waals surface area contributed by atoms with E-state index < -0.39 is 17.4 Å². The van der Waals surface area contributed by atoms with Crippen LogP contribution in [-0.2, 0) is 24.4 Å². The molecule has 2 N–H and O–H groups in total. The molecule has 0 spiro atoms. The van der Waals surface area contributed by atoms with Crippen LogP contribution in [0.15, 0.2) is 48.5 Å². The van der Waals surface area contributed by atoms with E-state index in [9.17, 15) is 14.4 Å². The average Bonchev–Trinajstić information content (AvgIpc) is 3.37. The first-order chi connectivity index (χ1) is 18.2. The summed E-state index contributed by atoms with van der Waals surface area (Å²) in [6.07, 6.45) is 0. The van der Waals surface area contributed by atoms with E-state index in [0.717, 1.165) is 11.1 Å². The van der Waals surface area contributed by atoms with E-state index >= 15 is 0 Å². The fourth-order valence-corrected chi connectivity index (χ4v) is 4.32. The Morgan fingerprint density at radius 3 is 2.18 bits per heavy atom. The van der Waals surface area contributed by atoms with Crippen LogP contribution in [0.5, 0.6) is 17.2 Å². The van der Waals surface area contributed by atoms with Gasteiger partial charge in [0.25, 0.3) is 11.8 Å². The number of hydrogen-bond donors (Lipinski definition) is 2. The molecule has 2 heterocycles. The lowest BCUT2D eigenvalue weighted by Crippen LogP contribution is -2.62. The van der Waals surface area contributed by atoms with Crippen molar-refractivity contribution in [2.24, 2.45) is 0 Å². The second-order valence-electron chi connectivity index (χ2n) is 9.10. The maximum Gasteiger partial charge on any atom is 0.272 e. The van der Waals surface area contributed by atoms with E-state index in [4.69, 9.17) is 14.2 Å². The number of amides is 3. The molecule has 200 valence electrons. The number of nitrogens with zero attached hydrogens (tertiary/aromatic N) is 3. The number of hydrogen-bond acceptors (Lipinski definition) is 7. The average molecular weight is 522 g/mol. The second-order valence-corrected chi connectivity index (χ2v) is 9.10. The molecule has 0 saturated heterocycles. The number of fused-ring (bicyclic) bond motifs is 1. The summed E-state index contributed by atoms with van der Waals surface area (Å²) >= 11 is 0. The van der Waals surface area contributed by atoms with E-state index in [-0.39, 0.29) is 30.4 Å². The number of aromatic nitrogens is 2. The molecule has 1 aliphatic rings. The van der Waals surface area contributed by atoms with Gasteiger partial charge in [-0.3, -0.25) is 19.1 Å². The van der Waals surface area contributed by atoms with Crippen molar-refractivity contribution < 1.29 is 28.6 Å². The molecule has 11 heteroatoms. The lowest BCUT2D eigenvalue weighted by Gasteiger charge is -2.40. The molecule has 38 heavy (non-hydrogen) atoms. The molecule has 3 aromatic rings. The van der Waals surface area contributed by atoms with Crippen molar-refractivity contribution in [2.45, 2.75) is 32.1 Å². The molecule has 0 fully saturated rings. The number of nitrogens with one attached hydrogen (secondary N) is 2. The van der Waals surface area contributed by atoms with Crippen molar-refractivity contribution >= 4 is 17.7 Å². The Labute approximate surface area is 220 Å². The molecule has 11 nitrogen and oxygen atoms in total. The molecule has 0 bridgehead atoms. The van der Waals surface area contributed by atoms with Gasteiger partial charge in [0.15, 0.2) is 17.2 Å². The molecule has 0 saturated carbocycles. The minimum absolute atomic E-state index is 0.0723. The molecule has 4 rings (SSSR count). The van der Waals surface area contributed by atoms with Gasteiger partial charge in [-0.15, -0.1) is 0 Å². The third-order valence-electron chi connectivity index (χ3n) is 6.70. The summed E-state index contributed by atoms with van der Waals surface area (Å²) in [4.78, 5) is 40.6. The van der Waals surface area contributed by atoms with Crippen molar-refractivity contribution in [2.75, 3.05) is 28.4 Å². The summed E-state index contributed by atoms with van der Waals surface area (Å²) in [7, 11) is 6.11. The van der Waals surface area contributed by atoms with E-state index in [2.05, 4.69) is 15.7 Å². The van der Waals surface area contributed by atoms with Crippen molar-refractivity contribution in [1.82, 2.24) is 25.3 Å². The largest absolute Gasteiger partial charge is 0.493 e. The van der Waals surface area contributed by atoms with E-state index in [1.54, 1.807) is 26.1 Å². The maximum absolute atomic E-state index is 13.2. The van der Waals surface area contributed by atoms with Crippen LogP contribution in [-0.4, -0.2) is 66.3 Å².